The maximum Gasteiger partial charge on any atom is 0.339 e. The van der Waals surface area contributed by atoms with Crippen LogP contribution in [0.2, 0.25) is 0 Å². The van der Waals surface area contributed by atoms with E-state index in [0.29, 0.717) is 17.0 Å². The van der Waals surface area contributed by atoms with E-state index in [4.69, 9.17) is 13.0 Å². The van der Waals surface area contributed by atoms with Crippen molar-refractivity contribution < 1.29 is 31.0 Å². The number of rotatable bonds is 9. The number of anilines is 1. The first kappa shape index (κ1) is 23.8. The van der Waals surface area contributed by atoms with Gasteiger partial charge in [-0.25, -0.2) is 0 Å². The molecule has 9 nitrogen and oxygen atoms in total. The van der Waals surface area contributed by atoms with E-state index in [0.717, 1.165) is 0 Å². The number of carbonyl (C=O) groups excluding carboxylic acids is 2. The predicted octanol–water partition coefficient (Wildman–Crippen LogP) is 4.44. The Labute approximate surface area is 202 Å². The van der Waals surface area contributed by atoms with Crippen molar-refractivity contribution in [2.24, 2.45) is 0 Å². The molecule has 2 heterocycles. The molecule has 0 aliphatic rings. The molecular weight excluding hydrogens is 472 g/mol. The molecule has 0 spiro atoms. The summed E-state index contributed by atoms with van der Waals surface area (Å²) >= 11 is 0. The highest BCUT2D eigenvalue weighted by Gasteiger charge is 2.21. The molecule has 2 aromatic carbocycles. The molecule has 0 radical (unpaired) electrons. The minimum Gasteiger partial charge on any atom is -0.467 e. The van der Waals surface area contributed by atoms with Gasteiger partial charge in [-0.2, -0.15) is 8.42 Å². The first-order chi connectivity index (χ1) is 16.8. The maximum absolute atomic E-state index is 13.0. The number of hydrogen-bond donors (Lipinski definition) is 1. The minimum atomic E-state index is -4.12. The van der Waals surface area contributed by atoms with Gasteiger partial charge in [0.15, 0.2) is 5.76 Å². The van der Waals surface area contributed by atoms with Gasteiger partial charge in [0.05, 0.1) is 19.1 Å². The number of nitrogens with zero attached hydrogens (tertiary/aromatic N) is 1. The fourth-order valence-corrected chi connectivity index (χ4v) is 4.27. The molecule has 0 aliphatic carbocycles. The van der Waals surface area contributed by atoms with Crippen molar-refractivity contribution in [1.82, 2.24) is 4.90 Å². The van der Waals surface area contributed by atoms with Gasteiger partial charge in [-0.3, -0.25) is 9.59 Å². The summed E-state index contributed by atoms with van der Waals surface area (Å²) in [5, 5.41) is 2.57. The van der Waals surface area contributed by atoms with Crippen LogP contribution >= 0.6 is 0 Å². The van der Waals surface area contributed by atoms with Gasteiger partial charge in [0, 0.05) is 19.2 Å². The second-order valence-electron chi connectivity index (χ2n) is 7.61. The zero-order valence-corrected chi connectivity index (χ0v) is 19.5. The molecule has 0 unspecified atom stereocenters. The van der Waals surface area contributed by atoms with E-state index < -0.39 is 10.1 Å². The second kappa shape index (κ2) is 10.3. The Kier molecular flexibility index (Phi) is 7.02. The lowest BCUT2D eigenvalue weighted by atomic mass is 10.2. The molecule has 4 rings (SSSR count). The van der Waals surface area contributed by atoms with E-state index in [-0.39, 0.29) is 41.3 Å². The lowest BCUT2D eigenvalue weighted by Crippen LogP contribution is -2.29. The van der Waals surface area contributed by atoms with Crippen LogP contribution in [0.25, 0.3) is 0 Å². The molecule has 2 aromatic heterocycles. The molecule has 0 atom stereocenters. The van der Waals surface area contributed by atoms with Crippen molar-refractivity contribution in [3.63, 3.8) is 0 Å². The van der Waals surface area contributed by atoms with E-state index >= 15 is 0 Å². The molecule has 35 heavy (non-hydrogen) atoms. The Morgan fingerprint density at radius 1 is 0.914 bits per heavy atom. The Balaban J connectivity index is 1.51. The largest absolute Gasteiger partial charge is 0.467 e. The molecule has 0 fully saturated rings. The van der Waals surface area contributed by atoms with E-state index in [9.17, 15) is 18.0 Å². The fraction of sp³-hybridized carbons (Fsp3) is 0.120. The third kappa shape index (κ3) is 6.18. The minimum absolute atomic E-state index is 0.0653. The molecule has 180 valence electrons. The van der Waals surface area contributed by atoms with Crippen LogP contribution in [0.3, 0.4) is 0 Å². The molecule has 4 aromatic rings. The van der Waals surface area contributed by atoms with Gasteiger partial charge in [0.2, 0.25) is 5.91 Å². The van der Waals surface area contributed by atoms with Gasteiger partial charge in [-0.1, -0.05) is 12.1 Å². The summed E-state index contributed by atoms with van der Waals surface area (Å²) in [6.07, 6.45) is 2.94. The second-order valence-corrected chi connectivity index (χ2v) is 9.15. The third-order valence-electron chi connectivity index (χ3n) is 4.89. The van der Waals surface area contributed by atoms with Crippen LogP contribution in [0.15, 0.2) is 99.1 Å². The molecule has 0 bridgehead atoms. The monoisotopic (exact) mass is 494 g/mol. The van der Waals surface area contributed by atoms with Gasteiger partial charge >= 0.3 is 10.1 Å². The molecule has 0 saturated carbocycles. The Hall–Kier alpha value is -4.31. The topological polar surface area (TPSA) is 119 Å². The van der Waals surface area contributed by atoms with Crippen LogP contribution in [0.5, 0.6) is 5.75 Å². The average molecular weight is 495 g/mol. The van der Waals surface area contributed by atoms with Crippen LogP contribution in [0.1, 0.15) is 28.8 Å². The van der Waals surface area contributed by atoms with Crippen LogP contribution < -0.4 is 9.50 Å². The predicted molar refractivity (Wildman–Crippen MR) is 126 cm³/mol. The fourth-order valence-electron chi connectivity index (χ4n) is 3.35. The summed E-state index contributed by atoms with van der Waals surface area (Å²) in [5.74, 6) is 0.249. The SMILES string of the molecule is CC(=O)Nc1ccc(S(=O)(=O)Oc2cccc(CN(Cc3ccco3)C(=O)c3ccco3)c2)cc1. The van der Waals surface area contributed by atoms with Crippen molar-refractivity contribution >= 4 is 27.6 Å². The Morgan fingerprint density at radius 2 is 1.66 bits per heavy atom. The van der Waals surface area contributed by atoms with E-state index in [1.54, 1.807) is 42.5 Å². The summed E-state index contributed by atoms with van der Waals surface area (Å²) in [4.78, 5) is 25.6. The number of amides is 2. The Bertz CT molecular complexity index is 1390. The maximum atomic E-state index is 13.0. The van der Waals surface area contributed by atoms with E-state index in [1.807, 2.05) is 0 Å². The van der Waals surface area contributed by atoms with Crippen molar-refractivity contribution in [3.05, 3.63) is 102 Å². The normalized spacial score (nSPS) is 11.1. The van der Waals surface area contributed by atoms with Gasteiger partial charge in [0.25, 0.3) is 5.91 Å². The summed E-state index contributed by atoms with van der Waals surface area (Å²) < 4.78 is 41.4. The molecule has 2 amide bonds. The lowest BCUT2D eigenvalue weighted by Gasteiger charge is -2.21. The van der Waals surface area contributed by atoms with E-state index in [2.05, 4.69) is 5.32 Å². The quantitative estimate of drug-likeness (QED) is 0.342. The summed E-state index contributed by atoms with van der Waals surface area (Å²) in [6.45, 7) is 1.71. The van der Waals surface area contributed by atoms with E-state index in [1.165, 1.54) is 54.7 Å². The Morgan fingerprint density at radius 3 is 2.31 bits per heavy atom. The lowest BCUT2D eigenvalue weighted by molar-refractivity contribution is -0.114. The van der Waals surface area contributed by atoms with Crippen LogP contribution in [-0.4, -0.2) is 25.1 Å². The number of hydrogen-bond acceptors (Lipinski definition) is 7. The summed E-state index contributed by atoms with van der Waals surface area (Å²) in [5.41, 5.74) is 1.11. The van der Waals surface area contributed by atoms with Crippen LogP contribution in [-0.2, 0) is 28.0 Å². The standard InChI is InChI=1S/C25H22N2O7S/c1-18(28)26-20-9-11-23(12-10-20)35(30,31)34-21-6-2-5-19(15-21)16-27(17-22-7-3-13-32-22)25(29)24-8-4-14-33-24/h2-15H,16-17H2,1H3,(H,26,28). The smallest absolute Gasteiger partial charge is 0.339 e. The molecular formula is C25H22N2O7S. The number of benzene rings is 2. The highest BCUT2D eigenvalue weighted by molar-refractivity contribution is 7.87. The number of furan rings is 2. The summed E-state index contributed by atoms with van der Waals surface area (Å²) in [7, 11) is -4.12. The van der Waals surface area contributed by atoms with Crippen molar-refractivity contribution in [2.45, 2.75) is 24.9 Å². The zero-order valence-electron chi connectivity index (χ0n) is 18.7. The van der Waals surface area contributed by atoms with Crippen molar-refractivity contribution in [1.29, 1.82) is 0 Å². The van der Waals surface area contributed by atoms with Crippen LogP contribution in [0, 0.1) is 0 Å². The molecule has 0 aliphatic heterocycles. The van der Waals surface area contributed by atoms with Crippen molar-refractivity contribution in [2.75, 3.05) is 5.32 Å². The number of carbonyl (C=O) groups is 2. The summed E-state index contributed by atoms with van der Waals surface area (Å²) in [6, 6.07) is 18.8. The molecule has 10 heteroatoms. The third-order valence-corrected chi connectivity index (χ3v) is 6.15. The van der Waals surface area contributed by atoms with Gasteiger partial charge < -0.3 is 23.2 Å². The highest BCUT2D eigenvalue weighted by atomic mass is 32.2. The molecule has 1 N–H and O–H groups in total. The molecule has 0 saturated heterocycles. The van der Waals surface area contributed by atoms with Gasteiger partial charge in [-0.15, -0.1) is 0 Å². The van der Waals surface area contributed by atoms with Gasteiger partial charge in [-0.05, 0) is 66.2 Å². The average Bonchev–Trinajstić information content (AvgIpc) is 3.53. The first-order valence-corrected chi connectivity index (χ1v) is 12.0. The first-order valence-electron chi connectivity index (χ1n) is 10.6. The zero-order chi connectivity index (χ0) is 24.8. The highest BCUT2D eigenvalue weighted by Crippen LogP contribution is 2.23. The van der Waals surface area contributed by atoms with Gasteiger partial charge in [0.1, 0.15) is 16.4 Å². The number of nitrogens with one attached hydrogen (secondary N) is 1. The van der Waals surface area contributed by atoms with Crippen molar-refractivity contribution in [3.8, 4) is 5.75 Å². The van der Waals surface area contributed by atoms with Crippen LogP contribution in [0.4, 0.5) is 5.69 Å².